The summed E-state index contributed by atoms with van der Waals surface area (Å²) in [7, 11) is 0. The zero-order valence-corrected chi connectivity index (χ0v) is 3.38. The van der Waals surface area contributed by atoms with Gasteiger partial charge in [-0.2, -0.15) is 0 Å². The predicted octanol–water partition coefficient (Wildman–Crippen LogP) is -0.159. The molecule has 0 spiro atoms. The van der Waals surface area contributed by atoms with Crippen LogP contribution in [0.15, 0.2) is 0 Å². The van der Waals surface area contributed by atoms with Crippen molar-refractivity contribution in [3.05, 3.63) is 7.43 Å². The largest absolute Gasteiger partial charge is 4.00 e. The molecule has 0 aromatic heterocycles. The molecule has 0 radical (unpaired) electrons. The smallest absolute Gasteiger partial charge is 2.00 e. The number of rotatable bonds is 0. The Labute approximate surface area is 40.7 Å². The minimum absolute atomic E-state index is 0. The van der Waals surface area contributed by atoms with E-state index in [1.54, 1.807) is 0 Å². The van der Waals surface area contributed by atoms with E-state index in [1.807, 2.05) is 0 Å². The third-order valence-electron chi connectivity index (χ3n) is 0. The van der Waals surface area contributed by atoms with Gasteiger partial charge in [-0.25, -0.2) is 0 Å². The average Bonchev–Trinajstić information content (AvgIpc) is 0. The van der Waals surface area contributed by atoms with Gasteiger partial charge < -0.3 is 11.0 Å². The molecule has 0 aromatic rings. The summed E-state index contributed by atoms with van der Waals surface area (Å²) < 4.78 is 0. The van der Waals surface area contributed by atoms with Crippen LogP contribution < -0.4 is 0 Å². The summed E-state index contributed by atoms with van der Waals surface area (Å²) in [4.78, 5) is 0. The van der Waals surface area contributed by atoms with E-state index < -0.39 is 0 Å². The van der Waals surface area contributed by atoms with E-state index in [0.717, 1.165) is 0 Å². The molecule has 0 heterocycles. The van der Waals surface area contributed by atoms with Crippen LogP contribution in [0.25, 0.3) is 0 Å². The van der Waals surface area contributed by atoms with Crippen molar-refractivity contribution in [1.29, 1.82) is 0 Å². The quantitative estimate of drug-likeness (QED) is 0.373. The summed E-state index contributed by atoms with van der Waals surface area (Å²) in [5, 5.41) is 0. The fourth-order valence-corrected chi connectivity index (χ4v) is 0. The van der Waals surface area contributed by atoms with Gasteiger partial charge in [0.2, 0.25) is 0 Å². The van der Waals surface area contributed by atoms with Gasteiger partial charge in [0, 0.05) is 0 Å². The number of hydrogen-bond donors (Lipinski definition) is 0. The van der Waals surface area contributed by atoms with Gasteiger partial charge in [-0.05, 0) is 0 Å². The Morgan fingerprint density at radius 3 is 0.750 bits per heavy atom. The molecule has 0 N–H and O–H groups in total. The summed E-state index contributed by atoms with van der Waals surface area (Å²) in [5.74, 6) is 0. The van der Waals surface area contributed by atoms with E-state index in [2.05, 4.69) is 0 Å². The molecule has 0 bridgehead atoms. The monoisotopic (exact) mass is 91.9 g/mol. The van der Waals surface area contributed by atoms with Crippen LogP contribution in [0.2, 0.25) is 0 Å². The van der Waals surface area contributed by atoms with Gasteiger partial charge in [-0.1, -0.05) is 0 Å². The van der Waals surface area contributed by atoms with Crippen LogP contribution in [0.3, 0.4) is 0 Å². The topological polar surface area (TPSA) is 57.0 Å². The van der Waals surface area contributed by atoms with Crippen LogP contribution in [0.1, 0.15) is 0 Å². The Hall–Kier alpha value is 0.634. The fourth-order valence-electron chi connectivity index (χ4n) is 0. The molecule has 0 amide bonds. The van der Waals surface area contributed by atoms with Gasteiger partial charge >= 0.3 is 29.1 Å². The summed E-state index contributed by atoms with van der Waals surface area (Å²) >= 11 is 0. The van der Waals surface area contributed by atoms with E-state index in [-0.39, 0.29) is 40.1 Å². The first-order valence-electron chi connectivity index (χ1n) is 0. The summed E-state index contributed by atoms with van der Waals surface area (Å²) in [6.45, 7) is 0. The Morgan fingerprint density at radius 2 is 0.750 bits per heavy atom. The first kappa shape index (κ1) is 152. The van der Waals surface area contributed by atoms with Gasteiger partial charge in [-0.3, -0.25) is 0 Å². The maximum Gasteiger partial charge on any atom is 4.00 e. The van der Waals surface area contributed by atoms with E-state index in [1.165, 1.54) is 0 Å². The molecule has 16 valence electrons. The molecule has 0 atom stereocenters. The second-order valence-electron chi connectivity index (χ2n) is 0. The first-order chi connectivity index (χ1) is 0. The Morgan fingerprint density at radius 1 is 0.750 bits per heavy atom. The molecule has 0 aliphatic heterocycles. The van der Waals surface area contributed by atoms with E-state index >= 15 is 0 Å². The van der Waals surface area contributed by atoms with Crippen LogP contribution in [0.4, 0.5) is 0 Å². The maximum absolute atomic E-state index is 0. The van der Waals surface area contributed by atoms with Crippen LogP contribution in [0.5, 0.6) is 0 Å². The molecule has 0 saturated carbocycles. The zero-order chi connectivity index (χ0) is 0. The van der Waals surface area contributed by atoms with Crippen LogP contribution in [-0.4, -0.2) is 0 Å². The van der Waals surface area contributed by atoms with Gasteiger partial charge in [0.25, 0.3) is 0 Å². The van der Waals surface area contributed by atoms with Crippen molar-refractivity contribution in [1.82, 2.24) is 0 Å². The SMILES string of the molecule is [C+4].[O-2].[O-2].[Ti+4]. The van der Waals surface area contributed by atoms with Gasteiger partial charge in [-0.15, -0.1) is 0 Å². The Kier molecular flexibility index (Phi) is 2380. The molecule has 0 fully saturated rings. The molecule has 0 aliphatic carbocycles. The summed E-state index contributed by atoms with van der Waals surface area (Å²) in [6, 6.07) is 0. The van der Waals surface area contributed by atoms with Gasteiger partial charge in [0.15, 0.2) is 0 Å². The molecule has 0 unspecified atom stereocenters. The molecule has 2 nitrogen and oxygen atoms in total. The third kappa shape index (κ3) is 17.5. The second kappa shape index (κ2) is 62.7. The molecule has 0 aromatic carbocycles. The summed E-state index contributed by atoms with van der Waals surface area (Å²) in [5.41, 5.74) is 0. The van der Waals surface area contributed by atoms with Crippen molar-refractivity contribution >= 4 is 0 Å². The molecule has 3 heteroatoms. The first-order valence-corrected chi connectivity index (χ1v) is 0. The Balaban J connectivity index is 0. The molecule has 4 heavy (non-hydrogen) atoms. The van der Waals surface area contributed by atoms with Crippen LogP contribution in [0, 0.1) is 7.43 Å². The standard InChI is InChI=1S/C.2O.Ti/q+4;2*-2;+4. The minimum Gasteiger partial charge on any atom is -2.00 e. The van der Waals surface area contributed by atoms with Crippen LogP contribution >= 0.6 is 0 Å². The average molecular weight is 91.9 g/mol. The molecule has 0 saturated heterocycles. The molecular formula is CO2Ti+4. The van der Waals surface area contributed by atoms with E-state index in [4.69, 9.17) is 0 Å². The molecule has 0 aliphatic rings. The van der Waals surface area contributed by atoms with Crippen molar-refractivity contribution in [2.24, 2.45) is 0 Å². The van der Waals surface area contributed by atoms with Crippen molar-refractivity contribution < 1.29 is 32.7 Å². The normalized spacial score (nSPS) is 0. The van der Waals surface area contributed by atoms with Gasteiger partial charge in [0.05, 0.1) is 0 Å². The molecular weight excluding hydrogens is 91.9 g/mol. The maximum atomic E-state index is 0. The Bertz CT molecular complexity index is 6.00. The predicted molar refractivity (Wildman–Crippen MR) is 4.62 cm³/mol. The van der Waals surface area contributed by atoms with Gasteiger partial charge in [0.1, 0.15) is 0 Å². The van der Waals surface area contributed by atoms with Crippen molar-refractivity contribution in [3.63, 3.8) is 0 Å². The van der Waals surface area contributed by atoms with Crippen molar-refractivity contribution in [2.45, 2.75) is 0 Å². The number of hydrogen-bond acceptors (Lipinski definition) is 0. The minimum atomic E-state index is 0. The molecule has 0 rings (SSSR count). The third-order valence-corrected chi connectivity index (χ3v) is 0. The van der Waals surface area contributed by atoms with E-state index in [9.17, 15) is 0 Å². The van der Waals surface area contributed by atoms with Crippen LogP contribution in [-0.2, 0) is 32.7 Å². The van der Waals surface area contributed by atoms with Crippen molar-refractivity contribution in [2.75, 3.05) is 0 Å². The second-order valence-corrected chi connectivity index (χ2v) is 0. The summed E-state index contributed by atoms with van der Waals surface area (Å²) in [6.07, 6.45) is 0. The fraction of sp³-hybridized carbons (Fsp3) is 0. The zero-order valence-electron chi connectivity index (χ0n) is 1.82. The van der Waals surface area contributed by atoms with E-state index in [0.29, 0.717) is 0 Å². The van der Waals surface area contributed by atoms with Crippen molar-refractivity contribution in [3.8, 4) is 0 Å².